The predicted octanol–water partition coefficient (Wildman–Crippen LogP) is 1.90. The van der Waals surface area contributed by atoms with E-state index in [4.69, 9.17) is 11.6 Å². The number of rotatable bonds is 4. The average Bonchev–Trinajstić information content (AvgIpc) is 3.09. The van der Waals surface area contributed by atoms with Gasteiger partial charge < -0.3 is 9.80 Å². The largest absolute Gasteiger partial charge is 0.338 e. The molecule has 1 amide bonds. The van der Waals surface area contributed by atoms with Gasteiger partial charge in [0, 0.05) is 36.1 Å². The molecule has 0 aliphatic carbocycles. The maximum atomic E-state index is 12.3. The summed E-state index contributed by atoms with van der Waals surface area (Å²) in [5, 5.41) is 7.41. The van der Waals surface area contributed by atoms with Crippen molar-refractivity contribution in [1.82, 2.24) is 20.1 Å². The highest BCUT2D eigenvalue weighted by Crippen LogP contribution is 2.21. The van der Waals surface area contributed by atoms with Crippen molar-refractivity contribution >= 4 is 35.2 Å². The van der Waals surface area contributed by atoms with E-state index in [1.165, 1.54) is 18.1 Å². The summed E-state index contributed by atoms with van der Waals surface area (Å²) in [6, 6.07) is 7.54. The van der Waals surface area contributed by atoms with Gasteiger partial charge in [-0.2, -0.15) is 10.1 Å². The fourth-order valence-corrected chi connectivity index (χ4v) is 3.21. The second kappa shape index (κ2) is 7.02. The third-order valence-corrected chi connectivity index (χ3v) is 4.76. The molecule has 3 rings (SSSR count). The molecule has 116 valence electrons. The lowest BCUT2D eigenvalue weighted by molar-refractivity contribution is -0.128. The quantitative estimate of drug-likeness (QED) is 0.863. The Morgan fingerprint density at radius 3 is 2.59 bits per heavy atom. The number of thioether (sulfide) groups is 1. The zero-order valence-electron chi connectivity index (χ0n) is 11.9. The number of piperazine rings is 1. The molecule has 2 heterocycles. The summed E-state index contributed by atoms with van der Waals surface area (Å²) in [6.45, 7) is 2.96. The van der Waals surface area contributed by atoms with Crippen molar-refractivity contribution in [3.8, 4) is 0 Å². The van der Waals surface area contributed by atoms with E-state index in [1.807, 2.05) is 29.2 Å². The van der Waals surface area contributed by atoms with Crippen LogP contribution in [0.1, 0.15) is 0 Å². The standard InChI is InChI=1S/C14H16ClN5OS/c15-11-1-3-12(4-2-11)22-9-13(21)19-5-7-20(8-6-19)14-16-10-17-18-14/h1-4,10H,5-9H2,(H,16,17,18). The Morgan fingerprint density at radius 2 is 1.95 bits per heavy atom. The average molecular weight is 338 g/mol. The fraction of sp³-hybridized carbons (Fsp3) is 0.357. The third-order valence-electron chi connectivity index (χ3n) is 3.51. The van der Waals surface area contributed by atoms with Crippen LogP contribution < -0.4 is 4.90 Å². The van der Waals surface area contributed by atoms with Crippen LogP contribution >= 0.6 is 23.4 Å². The number of carbonyl (C=O) groups excluding carboxylic acids is 1. The fourth-order valence-electron chi connectivity index (χ4n) is 2.29. The Morgan fingerprint density at radius 1 is 1.23 bits per heavy atom. The van der Waals surface area contributed by atoms with E-state index < -0.39 is 0 Å². The van der Waals surface area contributed by atoms with Crippen molar-refractivity contribution in [3.63, 3.8) is 0 Å². The Kier molecular flexibility index (Phi) is 4.84. The van der Waals surface area contributed by atoms with Gasteiger partial charge in [-0.1, -0.05) is 11.6 Å². The van der Waals surface area contributed by atoms with Crippen molar-refractivity contribution in [2.75, 3.05) is 36.8 Å². The topological polar surface area (TPSA) is 65.1 Å². The molecule has 0 saturated carbocycles. The van der Waals surface area contributed by atoms with E-state index in [1.54, 1.807) is 0 Å². The molecule has 0 radical (unpaired) electrons. The van der Waals surface area contributed by atoms with Crippen LogP contribution in [-0.4, -0.2) is 57.9 Å². The summed E-state index contributed by atoms with van der Waals surface area (Å²) in [5.41, 5.74) is 0. The number of carbonyl (C=O) groups is 1. The molecule has 0 atom stereocenters. The summed E-state index contributed by atoms with van der Waals surface area (Å²) in [6.07, 6.45) is 1.50. The Labute approximate surface area is 137 Å². The molecule has 1 aliphatic heterocycles. The molecule has 1 aromatic heterocycles. The number of hydrogen-bond acceptors (Lipinski definition) is 5. The van der Waals surface area contributed by atoms with Crippen molar-refractivity contribution in [2.24, 2.45) is 0 Å². The van der Waals surface area contributed by atoms with Gasteiger partial charge in [0.2, 0.25) is 11.9 Å². The van der Waals surface area contributed by atoms with Gasteiger partial charge in [0.25, 0.3) is 0 Å². The van der Waals surface area contributed by atoms with Crippen molar-refractivity contribution in [3.05, 3.63) is 35.6 Å². The molecule has 1 fully saturated rings. The van der Waals surface area contributed by atoms with E-state index in [0.29, 0.717) is 23.9 Å². The first-order chi connectivity index (χ1) is 10.7. The van der Waals surface area contributed by atoms with Crippen LogP contribution in [0.3, 0.4) is 0 Å². The Bertz CT molecular complexity index is 611. The van der Waals surface area contributed by atoms with Gasteiger partial charge in [0.05, 0.1) is 5.75 Å². The van der Waals surface area contributed by atoms with Crippen molar-refractivity contribution in [1.29, 1.82) is 0 Å². The molecule has 0 unspecified atom stereocenters. The zero-order valence-corrected chi connectivity index (χ0v) is 13.5. The second-order valence-electron chi connectivity index (χ2n) is 4.92. The molecular weight excluding hydrogens is 322 g/mol. The second-order valence-corrected chi connectivity index (χ2v) is 6.40. The molecule has 1 saturated heterocycles. The lowest BCUT2D eigenvalue weighted by atomic mass is 10.3. The highest BCUT2D eigenvalue weighted by Gasteiger charge is 2.22. The van der Waals surface area contributed by atoms with Crippen molar-refractivity contribution in [2.45, 2.75) is 4.90 Å². The number of halogens is 1. The SMILES string of the molecule is O=C(CSc1ccc(Cl)cc1)N1CCN(c2ncn[nH]2)CC1. The Hall–Kier alpha value is -1.73. The molecule has 8 heteroatoms. The first-order valence-electron chi connectivity index (χ1n) is 6.99. The van der Waals surface area contributed by atoms with Gasteiger partial charge in [0.15, 0.2) is 0 Å². The first-order valence-corrected chi connectivity index (χ1v) is 8.35. The van der Waals surface area contributed by atoms with Crippen LogP contribution in [0.4, 0.5) is 5.95 Å². The maximum Gasteiger partial charge on any atom is 0.233 e. The first kappa shape index (κ1) is 15.2. The van der Waals surface area contributed by atoms with E-state index in [-0.39, 0.29) is 5.91 Å². The summed E-state index contributed by atoms with van der Waals surface area (Å²) >= 11 is 7.39. The number of hydrogen-bond donors (Lipinski definition) is 1. The van der Waals surface area contributed by atoms with E-state index in [0.717, 1.165) is 23.9 Å². The smallest absolute Gasteiger partial charge is 0.233 e. The van der Waals surface area contributed by atoms with Crippen LogP contribution in [0.2, 0.25) is 5.02 Å². The number of amides is 1. The number of anilines is 1. The van der Waals surface area contributed by atoms with Gasteiger partial charge in [-0.15, -0.1) is 11.8 Å². The molecular formula is C14H16ClN5OS. The zero-order chi connectivity index (χ0) is 15.4. The van der Waals surface area contributed by atoms with E-state index in [9.17, 15) is 4.79 Å². The van der Waals surface area contributed by atoms with Crippen LogP contribution in [-0.2, 0) is 4.79 Å². The molecule has 0 spiro atoms. The normalized spacial score (nSPS) is 15.1. The minimum atomic E-state index is 0.164. The number of aromatic nitrogens is 3. The van der Waals surface area contributed by atoms with Gasteiger partial charge in [-0.05, 0) is 24.3 Å². The number of nitrogens with zero attached hydrogens (tertiary/aromatic N) is 4. The Balaban J connectivity index is 1.46. The lowest BCUT2D eigenvalue weighted by Crippen LogP contribution is -2.49. The highest BCUT2D eigenvalue weighted by atomic mass is 35.5. The lowest BCUT2D eigenvalue weighted by Gasteiger charge is -2.34. The summed E-state index contributed by atoms with van der Waals surface area (Å²) in [4.78, 5) is 21.4. The van der Waals surface area contributed by atoms with Crippen molar-refractivity contribution < 1.29 is 4.79 Å². The third kappa shape index (κ3) is 3.72. The van der Waals surface area contributed by atoms with Gasteiger partial charge in [-0.3, -0.25) is 4.79 Å². The van der Waals surface area contributed by atoms with Crippen LogP contribution in [0.25, 0.3) is 0 Å². The van der Waals surface area contributed by atoms with Gasteiger partial charge in [-0.25, -0.2) is 5.10 Å². The summed E-state index contributed by atoms with van der Waals surface area (Å²) in [5.74, 6) is 1.38. The summed E-state index contributed by atoms with van der Waals surface area (Å²) < 4.78 is 0. The molecule has 0 bridgehead atoms. The maximum absolute atomic E-state index is 12.3. The van der Waals surface area contributed by atoms with Gasteiger partial charge in [0.1, 0.15) is 6.33 Å². The molecule has 2 aromatic rings. The van der Waals surface area contributed by atoms with Crippen LogP contribution in [0.15, 0.2) is 35.5 Å². The van der Waals surface area contributed by atoms with E-state index >= 15 is 0 Å². The number of aromatic amines is 1. The number of nitrogens with one attached hydrogen (secondary N) is 1. The predicted molar refractivity (Wildman–Crippen MR) is 87.4 cm³/mol. The minimum absolute atomic E-state index is 0.164. The highest BCUT2D eigenvalue weighted by molar-refractivity contribution is 8.00. The van der Waals surface area contributed by atoms with Crippen LogP contribution in [0, 0.1) is 0 Å². The number of benzene rings is 1. The number of H-pyrrole nitrogens is 1. The minimum Gasteiger partial charge on any atom is -0.338 e. The van der Waals surface area contributed by atoms with E-state index in [2.05, 4.69) is 20.1 Å². The molecule has 1 N–H and O–H groups in total. The summed E-state index contributed by atoms with van der Waals surface area (Å²) in [7, 11) is 0. The molecule has 1 aliphatic rings. The molecule has 6 nitrogen and oxygen atoms in total. The molecule has 22 heavy (non-hydrogen) atoms. The monoisotopic (exact) mass is 337 g/mol. The molecule has 1 aromatic carbocycles. The van der Waals surface area contributed by atoms with Gasteiger partial charge >= 0.3 is 0 Å². The van der Waals surface area contributed by atoms with Crippen LogP contribution in [0.5, 0.6) is 0 Å².